The third-order valence-corrected chi connectivity index (χ3v) is 30.4. The number of benzene rings is 4. The van der Waals surface area contributed by atoms with Crippen molar-refractivity contribution in [3.63, 3.8) is 0 Å². The minimum absolute atomic E-state index is 0.0666. The summed E-state index contributed by atoms with van der Waals surface area (Å²) in [7, 11) is -6.99. The average molecular weight is 1700 g/mol. The van der Waals surface area contributed by atoms with Gasteiger partial charge in [0.25, 0.3) is 10.1 Å². The van der Waals surface area contributed by atoms with E-state index in [0.717, 1.165) is 101 Å². The molecule has 0 saturated heterocycles. The first-order chi connectivity index (χ1) is 52.7. The Bertz CT molecular complexity index is 5070. The van der Waals surface area contributed by atoms with Crippen molar-refractivity contribution < 1.29 is 47.3 Å². The molecular weight excluding hydrogens is 1610 g/mol. The number of rotatable bonds is 22. The van der Waals surface area contributed by atoms with E-state index in [2.05, 4.69) is 188 Å². The van der Waals surface area contributed by atoms with Crippen LogP contribution in [0.3, 0.4) is 0 Å². The minimum Gasteiger partial charge on any atom is -0.744 e. The number of hydrogen-bond acceptors (Lipinski definition) is 25. The van der Waals surface area contributed by atoms with Crippen LogP contribution >= 0.6 is 79.4 Å². The molecule has 30 heteroatoms. The van der Waals surface area contributed by atoms with Gasteiger partial charge in [-0.05, 0) is 196 Å². The van der Waals surface area contributed by atoms with Gasteiger partial charge >= 0.3 is 0 Å². The molecule has 4 aromatic carbocycles. The minimum atomic E-state index is -4.27. The number of hydrogen-bond donors (Lipinski definition) is 1. The molecule has 4 aliphatic heterocycles. The predicted octanol–water partition coefficient (Wildman–Crippen LogP) is 17.4. The van der Waals surface area contributed by atoms with Gasteiger partial charge in [-0.15, -0.1) is 79.4 Å². The molecule has 0 amide bonds. The molecule has 0 atom stereocenters. The maximum absolute atomic E-state index is 10.9. The SMILES string of the molecule is CN1C=CN(CCc2ccsc2-c2ccc(-c3sc(-c4ccc(-c5cc(CCN6C=CN(C)C6)c(-c6ccc(-c7sccc7CCN7C=CN(C)C7)s6)s5)s4)cc3CCN3C=CN(C)C3)s2)C1.Cc1ccc(S(=O)(=O)O)cc1.Cc1ccc(S(=O)(=O)[O-])cc1.Cc1ccc(S(=O)(=O)[O-])cc1.Cc1ccc(S(C)(=O)=O)cc1. The molecule has 7 aromatic heterocycles. The molecule has 11 heterocycles. The van der Waals surface area contributed by atoms with Gasteiger partial charge in [-0.25, -0.2) is 25.3 Å². The summed E-state index contributed by atoms with van der Waals surface area (Å²) in [5.41, 5.74) is 9.69. The van der Waals surface area contributed by atoms with Crippen LogP contribution in [0.15, 0.2) is 238 Å². The number of nitrogens with zero attached hydrogens (tertiary/aromatic N) is 8. The fraction of sp³-hybridized carbons (Fsp3) is 0.259. The van der Waals surface area contributed by atoms with E-state index < -0.39 is 40.2 Å². The van der Waals surface area contributed by atoms with E-state index in [9.17, 15) is 42.8 Å². The van der Waals surface area contributed by atoms with Crippen molar-refractivity contribution in [1.82, 2.24) is 39.2 Å². The Morgan fingerprint density at radius 3 is 0.874 bits per heavy atom. The van der Waals surface area contributed by atoms with Gasteiger partial charge in [0.15, 0.2) is 9.84 Å². The van der Waals surface area contributed by atoms with Gasteiger partial charge in [-0.3, -0.25) is 4.55 Å². The molecule has 586 valence electrons. The molecule has 19 nitrogen and oxygen atoms in total. The number of thiophene rings is 7. The second kappa shape index (κ2) is 37.2. The quantitative estimate of drug-likeness (QED) is 0.0622. The van der Waals surface area contributed by atoms with E-state index in [0.29, 0.717) is 4.90 Å². The molecule has 0 unspecified atom stereocenters. The maximum Gasteiger partial charge on any atom is 0.294 e. The Kier molecular flexibility index (Phi) is 28.1. The van der Waals surface area contributed by atoms with Crippen molar-refractivity contribution in [2.45, 2.75) is 73.0 Å². The first-order valence-electron chi connectivity index (χ1n) is 35.3. The third-order valence-electron chi connectivity index (χ3n) is 18.1. The molecule has 0 saturated carbocycles. The summed E-state index contributed by atoms with van der Waals surface area (Å²) in [6, 6.07) is 48.3. The van der Waals surface area contributed by atoms with Gasteiger partial charge < -0.3 is 48.3 Å². The Morgan fingerprint density at radius 2 is 0.595 bits per heavy atom. The van der Waals surface area contributed by atoms with Crippen LogP contribution < -0.4 is 0 Å². The second-order valence-electron chi connectivity index (χ2n) is 27.4. The lowest BCUT2D eigenvalue weighted by molar-refractivity contribution is 0.299. The monoisotopic (exact) mass is 1700 g/mol. The fourth-order valence-electron chi connectivity index (χ4n) is 12.1. The largest absolute Gasteiger partial charge is 0.744 e. The van der Waals surface area contributed by atoms with Crippen LogP contribution in [0.4, 0.5) is 0 Å². The van der Waals surface area contributed by atoms with E-state index in [-0.39, 0.29) is 14.7 Å². The normalized spacial score (nSPS) is 14.1. The molecule has 111 heavy (non-hydrogen) atoms. The van der Waals surface area contributed by atoms with Crippen molar-refractivity contribution in [2.24, 2.45) is 0 Å². The van der Waals surface area contributed by atoms with Crippen LogP contribution in [0.5, 0.6) is 0 Å². The van der Waals surface area contributed by atoms with E-state index in [1.807, 2.05) is 107 Å². The zero-order chi connectivity index (χ0) is 79.4. The lowest BCUT2D eigenvalue weighted by Crippen LogP contribution is -2.24. The molecule has 11 aromatic rings. The summed E-state index contributed by atoms with van der Waals surface area (Å²) in [5.74, 6) is 0. The molecule has 0 spiro atoms. The van der Waals surface area contributed by atoms with Crippen molar-refractivity contribution in [1.29, 1.82) is 0 Å². The molecule has 4 aliphatic rings. The summed E-state index contributed by atoms with van der Waals surface area (Å²) >= 11 is 13.6. The van der Waals surface area contributed by atoms with E-state index in [1.54, 1.807) is 60.7 Å². The van der Waals surface area contributed by atoms with Crippen molar-refractivity contribution in [3.8, 4) is 58.5 Å². The highest BCUT2D eigenvalue weighted by atomic mass is 32.2. The topological polar surface area (TPSA) is 229 Å². The summed E-state index contributed by atoms with van der Waals surface area (Å²) in [6.45, 7) is 15.3. The molecule has 1 N–H and O–H groups in total. The van der Waals surface area contributed by atoms with E-state index in [1.165, 1.54) is 123 Å². The van der Waals surface area contributed by atoms with E-state index >= 15 is 0 Å². The lowest BCUT2D eigenvalue weighted by Gasteiger charge is -2.18. The van der Waals surface area contributed by atoms with Crippen molar-refractivity contribution >= 4 is 120 Å². The van der Waals surface area contributed by atoms with Gasteiger partial charge in [0.05, 0.1) is 46.3 Å². The lowest BCUT2D eigenvalue weighted by atomic mass is 10.1. The highest BCUT2D eigenvalue weighted by Gasteiger charge is 2.24. The second-order valence-corrected chi connectivity index (χ2v) is 40.8. The zero-order valence-electron chi connectivity index (χ0n) is 62.9. The smallest absolute Gasteiger partial charge is 0.294 e. The average Bonchev–Trinajstić information content (AvgIpc) is 1.63. The Balaban J connectivity index is 0.000000221. The van der Waals surface area contributed by atoms with Crippen molar-refractivity contribution in [2.75, 3.05) is 87.3 Å². The van der Waals surface area contributed by atoms with Crippen LogP contribution in [0.2, 0.25) is 0 Å². The van der Waals surface area contributed by atoms with Crippen molar-refractivity contribution in [3.05, 3.63) is 263 Å². The predicted molar refractivity (Wildman–Crippen MR) is 456 cm³/mol. The first kappa shape index (κ1) is 83.7. The maximum atomic E-state index is 10.9. The molecule has 0 radical (unpaired) electrons. The molecule has 0 fully saturated rings. The van der Waals surface area contributed by atoms with Crippen LogP contribution in [0.25, 0.3) is 58.5 Å². The number of sulfone groups is 1. The Hall–Kier alpha value is -8.18. The standard InChI is InChI=1S/C52H56N8S7.C8H10O2S.3C7H8O3S/c1-53-21-25-57(33-53)17-11-37-15-29-61-49(37)43-7-9-45(64-43)51-39(13-19-59-27-23-55(3)35-59)31-47(66-51)41-5-6-42(63-41)48-32-40(14-20-60-28-24-56(4)36-60)52(67-48)46-10-8-44(65-46)50-38(16-30-62-50)12-18-58-26-22-54(2)34-58;1-7-3-5-8(6-4-7)11(2,9)10;3*1-6-2-4-7(5-3-6)11(8,9)10/h5-10,15-16,21-32H,11-14,17-20,33-36H2,1-4H3;3-6H,1-2H3;3*2-5H,1H3,(H,8,9,10)/p-2. The first-order valence-corrected chi connectivity index (χ1v) is 47.3. The summed E-state index contributed by atoms with van der Waals surface area (Å²) in [4.78, 5) is 35.3. The Labute approximate surface area is 681 Å². The summed E-state index contributed by atoms with van der Waals surface area (Å²) in [6.07, 6.45) is 23.0. The highest BCUT2D eigenvalue weighted by molar-refractivity contribution is 7.90. The van der Waals surface area contributed by atoms with Crippen LogP contribution in [0, 0.1) is 27.7 Å². The molecule has 0 bridgehead atoms. The van der Waals surface area contributed by atoms with Gasteiger partial charge in [0.2, 0.25) is 0 Å². The van der Waals surface area contributed by atoms with E-state index in [4.69, 9.17) is 4.55 Å². The van der Waals surface area contributed by atoms with Gasteiger partial charge in [-0.1, -0.05) is 70.8 Å². The summed E-state index contributed by atoms with van der Waals surface area (Å²) in [5, 5.41) is 4.55. The van der Waals surface area contributed by atoms with Crippen LogP contribution in [-0.2, 0) is 65.9 Å². The molecule has 15 rings (SSSR count). The Morgan fingerprint density at radius 1 is 0.324 bits per heavy atom. The third kappa shape index (κ3) is 23.7. The molecular formula is C81H88N8O11S11-2. The van der Waals surface area contributed by atoms with Gasteiger partial charge in [-0.2, -0.15) is 8.42 Å². The number of aryl methyl sites for hydroxylation is 4. The van der Waals surface area contributed by atoms with Crippen LogP contribution in [-0.4, -0.2) is 174 Å². The highest BCUT2D eigenvalue weighted by Crippen LogP contribution is 2.50. The van der Waals surface area contributed by atoms with Gasteiger partial charge in [0, 0.05) is 169 Å². The van der Waals surface area contributed by atoms with Crippen LogP contribution in [0.1, 0.15) is 44.5 Å². The zero-order valence-corrected chi connectivity index (χ0v) is 71.8. The fourth-order valence-corrected chi connectivity index (χ4v) is 22.2. The molecule has 0 aliphatic carbocycles. The summed E-state index contributed by atoms with van der Waals surface area (Å²) < 4.78 is 114. The van der Waals surface area contributed by atoms with Gasteiger partial charge in [0.1, 0.15) is 20.2 Å².